The van der Waals surface area contributed by atoms with Crippen LogP contribution in [-0.2, 0) is 16.9 Å². The van der Waals surface area contributed by atoms with Gasteiger partial charge in [-0.05, 0) is 60.9 Å². The van der Waals surface area contributed by atoms with Gasteiger partial charge in [-0.2, -0.15) is 0 Å². The van der Waals surface area contributed by atoms with E-state index >= 15 is 0 Å². The van der Waals surface area contributed by atoms with Crippen LogP contribution < -0.4 is 15.8 Å². The summed E-state index contributed by atoms with van der Waals surface area (Å²) in [5.74, 6) is -0.420. The van der Waals surface area contributed by atoms with E-state index in [9.17, 15) is 9.90 Å². The Morgan fingerprint density at radius 3 is 2.55 bits per heavy atom. The number of nitrogens with one attached hydrogen (secondary N) is 2. The largest absolute Gasteiger partial charge is 0.494 e. The van der Waals surface area contributed by atoms with Gasteiger partial charge >= 0.3 is 5.97 Å². The lowest BCUT2D eigenvalue weighted by molar-refractivity contribution is -0.142. The number of hydrogen-bond donors (Lipinski definition) is 4. The molecule has 0 saturated heterocycles. The smallest absolute Gasteiger partial charge is 0.334 e. The van der Waals surface area contributed by atoms with E-state index in [1.165, 1.54) is 0 Å². The van der Waals surface area contributed by atoms with Crippen molar-refractivity contribution < 1.29 is 14.6 Å². The average molecular weight is 422 g/mol. The van der Waals surface area contributed by atoms with Gasteiger partial charge in [-0.1, -0.05) is 13.0 Å². The Morgan fingerprint density at radius 1 is 1.26 bits per heavy atom. The van der Waals surface area contributed by atoms with Crippen molar-refractivity contribution in [2.75, 3.05) is 11.9 Å². The Morgan fingerprint density at radius 2 is 2.00 bits per heavy atom. The quantitative estimate of drug-likeness (QED) is 0.293. The molecule has 0 radical (unpaired) electrons. The molecule has 3 rings (SSSR count). The maximum atomic E-state index is 12.6. The minimum absolute atomic E-state index is 0.0416. The van der Waals surface area contributed by atoms with Gasteiger partial charge in [0, 0.05) is 30.2 Å². The molecule has 1 unspecified atom stereocenters. The van der Waals surface area contributed by atoms with Gasteiger partial charge in [0.2, 0.25) is 0 Å². The van der Waals surface area contributed by atoms with E-state index in [-0.39, 0.29) is 5.84 Å². The van der Waals surface area contributed by atoms with Crippen LogP contribution >= 0.6 is 0 Å². The lowest BCUT2D eigenvalue weighted by atomic mass is 9.85. The first-order chi connectivity index (χ1) is 14.9. The first-order valence-electron chi connectivity index (χ1n) is 10.1. The van der Waals surface area contributed by atoms with E-state index in [1.807, 2.05) is 36.7 Å². The number of aliphatic carboxylic acids is 1. The van der Waals surface area contributed by atoms with Gasteiger partial charge in [0.15, 0.2) is 5.54 Å². The first-order valence-corrected chi connectivity index (χ1v) is 10.1. The molecule has 1 heterocycles. The number of hydrogen-bond acceptors (Lipinski definition) is 5. The Hall–Kier alpha value is -3.81. The molecule has 8 nitrogen and oxygen atoms in total. The summed E-state index contributed by atoms with van der Waals surface area (Å²) in [6, 6.07) is 12.4. The minimum atomic E-state index is -1.37. The molecule has 5 N–H and O–H groups in total. The summed E-state index contributed by atoms with van der Waals surface area (Å²) in [7, 11) is 0. The number of anilines is 1. The highest BCUT2D eigenvalue weighted by Gasteiger charge is 2.39. The number of nitrogens with two attached hydrogens (primary N) is 1. The molecule has 2 aromatic carbocycles. The van der Waals surface area contributed by atoms with Crippen molar-refractivity contribution in [3.63, 3.8) is 0 Å². The molecule has 0 spiro atoms. The summed E-state index contributed by atoms with van der Waals surface area (Å²) in [6.07, 6.45) is 5.57. The third kappa shape index (κ3) is 4.85. The van der Waals surface area contributed by atoms with E-state index in [2.05, 4.69) is 10.3 Å². The second-order valence-corrected chi connectivity index (χ2v) is 7.21. The highest BCUT2D eigenvalue weighted by Crippen LogP contribution is 2.34. The number of benzene rings is 2. The van der Waals surface area contributed by atoms with E-state index < -0.39 is 11.5 Å². The van der Waals surface area contributed by atoms with Gasteiger partial charge in [-0.15, -0.1) is 0 Å². The molecule has 1 aromatic heterocycles. The Bertz CT molecular complexity index is 1050. The molecule has 8 heteroatoms. The van der Waals surface area contributed by atoms with Gasteiger partial charge in [0.1, 0.15) is 11.6 Å². The Balaban J connectivity index is 2.04. The zero-order chi connectivity index (χ0) is 22.4. The van der Waals surface area contributed by atoms with Crippen molar-refractivity contribution in [1.29, 1.82) is 5.41 Å². The summed E-state index contributed by atoms with van der Waals surface area (Å²) in [5, 5.41) is 21.0. The molecule has 162 valence electrons. The highest BCUT2D eigenvalue weighted by molar-refractivity contribution is 5.95. The van der Waals surface area contributed by atoms with Crippen LogP contribution in [0.4, 0.5) is 5.69 Å². The fourth-order valence-electron chi connectivity index (χ4n) is 3.51. The Labute approximate surface area is 181 Å². The summed E-state index contributed by atoms with van der Waals surface area (Å²) in [5.41, 5.74) is 6.85. The topological polar surface area (TPSA) is 126 Å². The van der Waals surface area contributed by atoms with Gasteiger partial charge in [0.05, 0.1) is 12.9 Å². The van der Waals surface area contributed by atoms with Crippen molar-refractivity contribution >= 4 is 17.5 Å². The predicted octanol–water partition coefficient (Wildman–Crippen LogP) is 3.42. The van der Waals surface area contributed by atoms with Crippen LogP contribution in [0.2, 0.25) is 0 Å². The SMILES string of the molecule is CCOc1cc(Cn2ccnc2)cc(C(CC)(Nc2ccc(C(=N)N)cc2)C(=O)O)c1. The van der Waals surface area contributed by atoms with E-state index in [1.54, 1.807) is 42.9 Å². The molecule has 0 amide bonds. The lowest BCUT2D eigenvalue weighted by Crippen LogP contribution is -2.43. The number of carboxylic acid groups (broad SMARTS) is 1. The number of imidazole rings is 1. The van der Waals surface area contributed by atoms with E-state index in [0.29, 0.717) is 42.1 Å². The summed E-state index contributed by atoms with van der Waals surface area (Å²) >= 11 is 0. The van der Waals surface area contributed by atoms with Crippen molar-refractivity contribution in [3.05, 3.63) is 77.9 Å². The molecular weight excluding hydrogens is 394 g/mol. The third-order valence-corrected chi connectivity index (χ3v) is 5.14. The molecule has 0 aliphatic rings. The first kappa shape index (κ1) is 21.9. The van der Waals surface area contributed by atoms with Crippen LogP contribution in [0.3, 0.4) is 0 Å². The number of nitrogen functional groups attached to an aromatic ring is 1. The van der Waals surface area contributed by atoms with E-state index in [0.717, 1.165) is 5.56 Å². The van der Waals surface area contributed by atoms with Crippen LogP contribution in [0.25, 0.3) is 0 Å². The van der Waals surface area contributed by atoms with Crippen LogP contribution in [0.15, 0.2) is 61.2 Å². The number of carboxylic acids is 1. The molecule has 31 heavy (non-hydrogen) atoms. The number of nitrogens with zero attached hydrogens (tertiary/aromatic N) is 2. The zero-order valence-corrected chi connectivity index (χ0v) is 17.6. The average Bonchev–Trinajstić information content (AvgIpc) is 3.25. The van der Waals surface area contributed by atoms with Gasteiger partial charge in [-0.3, -0.25) is 5.41 Å². The van der Waals surface area contributed by atoms with Gasteiger partial charge in [-0.25, -0.2) is 9.78 Å². The van der Waals surface area contributed by atoms with E-state index in [4.69, 9.17) is 15.9 Å². The molecule has 0 aliphatic carbocycles. The van der Waals surface area contributed by atoms with Crippen molar-refractivity contribution in [3.8, 4) is 5.75 Å². The minimum Gasteiger partial charge on any atom is -0.494 e. The monoisotopic (exact) mass is 421 g/mol. The predicted molar refractivity (Wildman–Crippen MR) is 120 cm³/mol. The zero-order valence-electron chi connectivity index (χ0n) is 17.6. The molecule has 0 aliphatic heterocycles. The third-order valence-electron chi connectivity index (χ3n) is 5.14. The van der Waals surface area contributed by atoms with Crippen molar-refractivity contribution in [2.45, 2.75) is 32.4 Å². The normalized spacial score (nSPS) is 12.7. The number of aromatic nitrogens is 2. The summed E-state index contributed by atoms with van der Waals surface area (Å²) in [6.45, 7) is 4.73. The number of ether oxygens (including phenoxy) is 1. The second kappa shape index (κ2) is 9.34. The maximum absolute atomic E-state index is 12.6. The second-order valence-electron chi connectivity index (χ2n) is 7.21. The molecular formula is C23H27N5O3. The molecule has 1 atom stereocenters. The van der Waals surface area contributed by atoms with Crippen LogP contribution in [0, 0.1) is 5.41 Å². The molecule has 0 saturated carbocycles. The summed E-state index contributed by atoms with van der Waals surface area (Å²) < 4.78 is 7.65. The standard InChI is InChI=1S/C23H27N5O3/c1-3-23(22(29)30,27-19-7-5-17(6-8-19)21(24)25)18-11-16(12-20(13-18)31-4-2)14-28-10-9-26-15-28/h5-13,15,27H,3-4,14H2,1-2H3,(H3,24,25)(H,29,30). The van der Waals surface area contributed by atoms with Crippen molar-refractivity contribution in [2.24, 2.45) is 5.73 Å². The number of carbonyl (C=O) groups is 1. The maximum Gasteiger partial charge on any atom is 0.334 e. The fourth-order valence-corrected chi connectivity index (χ4v) is 3.51. The lowest BCUT2D eigenvalue weighted by Gasteiger charge is -2.32. The van der Waals surface area contributed by atoms with Crippen LogP contribution in [0.1, 0.15) is 37.0 Å². The molecule has 0 bridgehead atoms. The number of amidine groups is 1. The van der Waals surface area contributed by atoms with Crippen molar-refractivity contribution in [1.82, 2.24) is 9.55 Å². The fraction of sp³-hybridized carbons (Fsp3) is 0.261. The highest BCUT2D eigenvalue weighted by atomic mass is 16.5. The molecule has 0 fully saturated rings. The van der Waals surface area contributed by atoms with Gasteiger partial charge < -0.3 is 25.5 Å². The van der Waals surface area contributed by atoms with Gasteiger partial charge in [0.25, 0.3) is 0 Å². The number of rotatable bonds is 10. The van der Waals surface area contributed by atoms with Crippen LogP contribution in [-0.4, -0.2) is 33.1 Å². The van der Waals surface area contributed by atoms with Crippen LogP contribution in [0.5, 0.6) is 5.75 Å². The summed E-state index contributed by atoms with van der Waals surface area (Å²) in [4.78, 5) is 16.6. The molecule has 3 aromatic rings. The Kier molecular flexibility index (Phi) is 6.59.